The molecule has 0 spiro atoms. The number of aromatic nitrogens is 2. The van der Waals surface area contributed by atoms with Gasteiger partial charge in [-0.3, -0.25) is 0 Å². The molecule has 2 rings (SSSR count). The Morgan fingerprint density at radius 1 is 1.26 bits per heavy atom. The molecule has 0 fully saturated rings. The Balaban J connectivity index is 2.27. The number of hydrogen-bond acceptors (Lipinski definition) is 2. The van der Waals surface area contributed by atoms with Gasteiger partial charge < -0.3 is 9.88 Å². The minimum atomic E-state index is -0.235. The van der Waals surface area contributed by atoms with E-state index >= 15 is 0 Å². The highest BCUT2D eigenvalue weighted by atomic mass is 19.1. The molecule has 0 atom stereocenters. The van der Waals surface area contributed by atoms with Crippen molar-refractivity contribution >= 4 is 11.6 Å². The molecular weight excluding hydrogens is 241 g/mol. The van der Waals surface area contributed by atoms with Crippen molar-refractivity contribution in [2.75, 3.05) is 5.32 Å². The Morgan fingerprint density at radius 3 is 2.63 bits per heavy atom. The van der Waals surface area contributed by atoms with Gasteiger partial charge in [0.15, 0.2) is 0 Å². The molecule has 0 amide bonds. The van der Waals surface area contributed by atoms with Crippen molar-refractivity contribution in [2.45, 2.75) is 34.2 Å². The van der Waals surface area contributed by atoms with Crippen LogP contribution in [0.4, 0.5) is 16.0 Å². The van der Waals surface area contributed by atoms with Gasteiger partial charge in [-0.25, -0.2) is 9.37 Å². The average Bonchev–Trinajstić information content (AvgIpc) is 2.56. The number of benzene rings is 1. The summed E-state index contributed by atoms with van der Waals surface area (Å²) < 4.78 is 15.4. The van der Waals surface area contributed by atoms with Crippen LogP contribution in [-0.2, 0) is 6.54 Å². The Labute approximate surface area is 113 Å². The highest BCUT2D eigenvalue weighted by Gasteiger charge is 2.08. The SMILES string of the molecule is Cc1cc(F)cc(Nc2nc(C)cn2CC(C)C)c1. The third-order valence-corrected chi connectivity index (χ3v) is 2.76. The zero-order valence-corrected chi connectivity index (χ0v) is 11.9. The molecule has 1 heterocycles. The molecule has 102 valence electrons. The largest absolute Gasteiger partial charge is 0.325 e. The van der Waals surface area contributed by atoms with Crippen LogP contribution in [0.2, 0.25) is 0 Å². The number of rotatable bonds is 4. The third kappa shape index (κ3) is 3.56. The lowest BCUT2D eigenvalue weighted by Crippen LogP contribution is -2.07. The van der Waals surface area contributed by atoms with Crippen LogP contribution in [0.1, 0.15) is 25.1 Å². The average molecular weight is 261 g/mol. The Bertz CT molecular complexity index is 553. The number of halogens is 1. The fraction of sp³-hybridized carbons (Fsp3) is 0.400. The zero-order valence-electron chi connectivity index (χ0n) is 11.9. The van der Waals surface area contributed by atoms with Gasteiger partial charge in [-0.2, -0.15) is 0 Å². The van der Waals surface area contributed by atoms with Gasteiger partial charge in [-0.05, 0) is 43.5 Å². The summed E-state index contributed by atoms with van der Waals surface area (Å²) in [6.07, 6.45) is 2.01. The van der Waals surface area contributed by atoms with Gasteiger partial charge in [0.1, 0.15) is 5.82 Å². The van der Waals surface area contributed by atoms with Crippen molar-refractivity contribution in [3.05, 3.63) is 41.5 Å². The Hall–Kier alpha value is -1.84. The highest BCUT2D eigenvalue weighted by Crippen LogP contribution is 2.20. The van der Waals surface area contributed by atoms with Crippen molar-refractivity contribution in [3.63, 3.8) is 0 Å². The molecule has 19 heavy (non-hydrogen) atoms. The van der Waals surface area contributed by atoms with E-state index in [0.717, 1.165) is 29.4 Å². The van der Waals surface area contributed by atoms with Crippen molar-refractivity contribution in [1.29, 1.82) is 0 Å². The molecule has 0 unspecified atom stereocenters. The summed E-state index contributed by atoms with van der Waals surface area (Å²) in [5.41, 5.74) is 2.57. The van der Waals surface area contributed by atoms with Crippen LogP contribution in [0.25, 0.3) is 0 Å². The number of imidazole rings is 1. The number of nitrogens with one attached hydrogen (secondary N) is 1. The third-order valence-electron chi connectivity index (χ3n) is 2.76. The van der Waals surface area contributed by atoms with E-state index in [4.69, 9.17) is 0 Å². The summed E-state index contributed by atoms with van der Waals surface area (Å²) in [4.78, 5) is 4.45. The lowest BCUT2D eigenvalue weighted by molar-refractivity contribution is 0.527. The molecule has 1 aromatic carbocycles. The van der Waals surface area contributed by atoms with Crippen LogP contribution < -0.4 is 5.32 Å². The molecule has 0 bridgehead atoms. The van der Waals surface area contributed by atoms with Gasteiger partial charge in [0.25, 0.3) is 0 Å². The molecule has 0 aliphatic carbocycles. The number of hydrogen-bond donors (Lipinski definition) is 1. The minimum absolute atomic E-state index is 0.235. The van der Waals surface area contributed by atoms with E-state index in [1.165, 1.54) is 12.1 Å². The highest BCUT2D eigenvalue weighted by molar-refractivity contribution is 5.55. The molecule has 4 heteroatoms. The van der Waals surface area contributed by atoms with Gasteiger partial charge >= 0.3 is 0 Å². The quantitative estimate of drug-likeness (QED) is 0.900. The van der Waals surface area contributed by atoms with E-state index in [1.807, 2.05) is 26.1 Å². The second-order valence-corrected chi connectivity index (χ2v) is 5.39. The maximum Gasteiger partial charge on any atom is 0.207 e. The topological polar surface area (TPSA) is 29.9 Å². The van der Waals surface area contributed by atoms with Crippen molar-refractivity contribution < 1.29 is 4.39 Å². The summed E-state index contributed by atoms with van der Waals surface area (Å²) in [6.45, 7) is 9.04. The van der Waals surface area contributed by atoms with Gasteiger partial charge in [-0.15, -0.1) is 0 Å². The predicted octanol–water partition coefficient (Wildman–Crippen LogP) is 4.04. The predicted molar refractivity (Wildman–Crippen MR) is 76.2 cm³/mol. The molecule has 0 saturated heterocycles. The van der Waals surface area contributed by atoms with E-state index in [9.17, 15) is 4.39 Å². The Kier molecular flexibility index (Phi) is 3.88. The normalized spacial score (nSPS) is 11.1. The summed E-state index contributed by atoms with van der Waals surface area (Å²) in [6, 6.07) is 4.90. The van der Waals surface area contributed by atoms with Crippen molar-refractivity contribution in [1.82, 2.24) is 9.55 Å². The van der Waals surface area contributed by atoms with Gasteiger partial charge in [-0.1, -0.05) is 13.8 Å². The molecular formula is C15H20FN3. The summed E-state index contributed by atoms with van der Waals surface area (Å²) in [7, 11) is 0. The molecule has 0 aliphatic rings. The van der Waals surface area contributed by atoms with Gasteiger partial charge in [0.2, 0.25) is 5.95 Å². The van der Waals surface area contributed by atoms with Crippen molar-refractivity contribution in [2.24, 2.45) is 5.92 Å². The van der Waals surface area contributed by atoms with E-state index in [0.29, 0.717) is 5.92 Å². The lowest BCUT2D eigenvalue weighted by atomic mass is 10.2. The van der Waals surface area contributed by atoms with Crippen LogP contribution in [0, 0.1) is 25.6 Å². The van der Waals surface area contributed by atoms with E-state index < -0.39 is 0 Å². The molecule has 1 aromatic heterocycles. The molecule has 0 radical (unpaired) electrons. The smallest absolute Gasteiger partial charge is 0.207 e. The number of nitrogens with zero attached hydrogens (tertiary/aromatic N) is 2. The summed E-state index contributed by atoms with van der Waals surface area (Å²) >= 11 is 0. The fourth-order valence-electron chi connectivity index (χ4n) is 2.12. The van der Waals surface area contributed by atoms with Crippen LogP contribution in [0.15, 0.2) is 24.4 Å². The lowest BCUT2D eigenvalue weighted by Gasteiger charge is -2.12. The van der Waals surface area contributed by atoms with Crippen LogP contribution in [-0.4, -0.2) is 9.55 Å². The summed E-state index contributed by atoms with van der Waals surface area (Å²) in [5.74, 6) is 1.06. The monoisotopic (exact) mass is 261 g/mol. The first-order chi connectivity index (χ1) is 8.94. The van der Waals surface area contributed by atoms with Gasteiger partial charge in [0.05, 0.1) is 5.69 Å². The fourth-order valence-corrected chi connectivity index (χ4v) is 2.12. The van der Waals surface area contributed by atoms with Crippen LogP contribution >= 0.6 is 0 Å². The maximum absolute atomic E-state index is 13.4. The number of aryl methyl sites for hydroxylation is 2. The minimum Gasteiger partial charge on any atom is -0.325 e. The van der Waals surface area contributed by atoms with E-state index in [-0.39, 0.29) is 5.82 Å². The first-order valence-electron chi connectivity index (χ1n) is 6.52. The van der Waals surface area contributed by atoms with E-state index in [2.05, 4.69) is 28.7 Å². The first kappa shape index (κ1) is 13.6. The molecule has 2 aromatic rings. The second kappa shape index (κ2) is 5.43. The zero-order chi connectivity index (χ0) is 14.0. The summed E-state index contributed by atoms with van der Waals surface area (Å²) in [5, 5.41) is 3.19. The molecule has 3 nitrogen and oxygen atoms in total. The second-order valence-electron chi connectivity index (χ2n) is 5.39. The van der Waals surface area contributed by atoms with Crippen LogP contribution in [0.5, 0.6) is 0 Å². The first-order valence-corrected chi connectivity index (χ1v) is 6.52. The number of anilines is 2. The molecule has 1 N–H and O–H groups in total. The van der Waals surface area contributed by atoms with Crippen molar-refractivity contribution in [3.8, 4) is 0 Å². The van der Waals surface area contributed by atoms with Gasteiger partial charge in [0, 0.05) is 18.4 Å². The van der Waals surface area contributed by atoms with E-state index in [1.54, 1.807) is 0 Å². The van der Waals surface area contributed by atoms with Crippen LogP contribution in [0.3, 0.4) is 0 Å². The molecule has 0 aliphatic heterocycles. The molecule has 0 saturated carbocycles. The Morgan fingerprint density at radius 2 is 2.00 bits per heavy atom. The standard InChI is InChI=1S/C15H20FN3/c1-10(2)8-19-9-12(4)17-15(19)18-14-6-11(3)5-13(16)7-14/h5-7,9-10H,8H2,1-4H3,(H,17,18). The maximum atomic E-state index is 13.4.